The molecule has 0 amide bonds. The maximum atomic E-state index is 13.5. The van der Waals surface area contributed by atoms with E-state index in [0.717, 1.165) is 22.7 Å². The van der Waals surface area contributed by atoms with Gasteiger partial charge in [0, 0.05) is 5.02 Å². The molecule has 1 N–H and O–H groups in total. The Morgan fingerprint density at radius 2 is 1.71 bits per heavy atom. The van der Waals surface area contributed by atoms with Crippen molar-refractivity contribution >= 4 is 11.6 Å². The van der Waals surface area contributed by atoms with Crippen LogP contribution in [0, 0.1) is 26.6 Å². The monoisotopic (exact) mass is 305 g/mol. The van der Waals surface area contributed by atoms with Crippen molar-refractivity contribution in [3.05, 3.63) is 69.0 Å². The van der Waals surface area contributed by atoms with Crippen LogP contribution in [0.2, 0.25) is 5.02 Å². The number of rotatable bonds is 4. The maximum Gasteiger partial charge on any atom is 0.126 e. The zero-order valence-electron chi connectivity index (χ0n) is 12.9. The van der Waals surface area contributed by atoms with E-state index < -0.39 is 0 Å². The third-order valence-corrected chi connectivity index (χ3v) is 4.17. The van der Waals surface area contributed by atoms with E-state index in [-0.39, 0.29) is 11.9 Å². The summed E-state index contributed by atoms with van der Waals surface area (Å²) in [5.74, 6) is -0.180. The summed E-state index contributed by atoms with van der Waals surface area (Å²) in [7, 11) is 0. The molecule has 0 fully saturated rings. The molecule has 0 heterocycles. The van der Waals surface area contributed by atoms with Gasteiger partial charge in [0.1, 0.15) is 5.82 Å². The van der Waals surface area contributed by atoms with Crippen LogP contribution in [0.1, 0.15) is 40.8 Å². The second-order valence-corrected chi connectivity index (χ2v) is 5.86. The molecular formula is C18H21ClFN. The van der Waals surface area contributed by atoms with Gasteiger partial charge in [-0.1, -0.05) is 36.7 Å². The van der Waals surface area contributed by atoms with Crippen LogP contribution in [-0.4, -0.2) is 6.54 Å². The molecule has 1 atom stereocenters. The van der Waals surface area contributed by atoms with Crippen molar-refractivity contribution in [2.75, 3.05) is 6.54 Å². The van der Waals surface area contributed by atoms with Crippen LogP contribution < -0.4 is 5.32 Å². The summed E-state index contributed by atoms with van der Waals surface area (Å²) < 4.78 is 13.5. The van der Waals surface area contributed by atoms with Crippen molar-refractivity contribution in [2.24, 2.45) is 0 Å². The predicted molar refractivity (Wildman–Crippen MR) is 87.6 cm³/mol. The summed E-state index contributed by atoms with van der Waals surface area (Å²) in [4.78, 5) is 0. The molecular weight excluding hydrogens is 285 g/mol. The summed E-state index contributed by atoms with van der Waals surface area (Å²) in [5.41, 5.74) is 5.09. The van der Waals surface area contributed by atoms with E-state index in [9.17, 15) is 4.39 Å². The highest BCUT2D eigenvalue weighted by atomic mass is 35.5. The number of nitrogens with one attached hydrogen (secondary N) is 1. The normalized spacial score (nSPS) is 12.5. The number of benzene rings is 2. The van der Waals surface area contributed by atoms with E-state index in [0.29, 0.717) is 5.56 Å². The molecule has 0 saturated heterocycles. The zero-order chi connectivity index (χ0) is 15.6. The average molecular weight is 306 g/mol. The average Bonchev–Trinajstić information content (AvgIpc) is 2.44. The summed E-state index contributed by atoms with van der Waals surface area (Å²) in [5, 5.41) is 4.18. The van der Waals surface area contributed by atoms with Crippen LogP contribution in [0.5, 0.6) is 0 Å². The Labute approximate surface area is 131 Å². The lowest BCUT2D eigenvalue weighted by Gasteiger charge is -2.22. The van der Waals surface area contributed by atoms with Gasteiger partial charge >= 0.3 is 0 Å². The highest BCUT2D eigenvalue weighted by Gasteiger charge is 2.18. The van der Waals surface area contributed by atoms with Gasteiger partial charge in [-0.2, -0.15) is 0 Å². The number of halogens is 2. The minimum Gasteiger partial charge on any atom is -0.306 e. The third kappa shape index (κ3) is 3.45. The second kappa shape index (κ2) is 6.59. The van der Waals surface area contributed by atoms with Crippen molar-refractivity contribution in [2.45, 2.75) is 33.7 Å². The quantitative estimate of drug-likeness (QED) is 0.828. The Balaban J connectivity index is 2.52. The molecule has 21 heavy (non-hydrogen) atoms. The maximum absolute atomic E-state index is 13.5. The molecule has 0 radical (unpaired) electrons. The topological polar surface area (TPSA) is 12.0 Å². The van der Waals surface area contributed by atoms with Gasteiger partial charge in [0.2, 0.25) is 0 Å². The van der Waals surface area contributed by atoms with E-state index >= 15 is 0 Å². The Morgan fingerprint density at radius 1 is 1.05 bits per heavy atom. The van der Waals surface area contributed by atoms with Gasteiger partial charge in [-0.15, -0.1) is 0 Å². The summed E-state index contributed by atoms with van der Waals surface area (Å²) in [6.45, 7) is 8.77. The lowest BCUT2D eigenvalue weighted by molar-refractivity contribution is 0.606. The Hall–Kier alpha value is -1.38. The molecule has 0 aliphatic rings. The minimum atomic E-state index is -0.180. The van der Waals surface area contributed by atoms with Gasteiger partial charge in [-0.25, -0.2) is 4.39 Å². The fourth-order valence-electron chi connectivity index (χ4n) is 2.48. The molecule has 2 aromatic rings. The standard InChI is InChI=1S/C18H21ClFN/c1-5-21-18(14-6-7-17(20)13(4)8-14)15-9-11(2)12(3)10-16(15)19/h6-10,18,21H,5H2,1-4H3. The van der Waals surface area contributed by atoms with Gasteiger partial charge in [0.05, 0.1) is 6.04 Å². The highest BCUT2D eigenvalue weighted by Crippen LogP contribution is 2.31. The molecule has 0 aliphatic heterocycles. The first-order valence-electron chi connectivity index (χ1n) is 7.20. The van der Waals surface area contributed by atoms with E-state index in [4.69, 9.17) is 11.6 Å². The van der Waals surface area contributed by atoms with Crippen molar-refractivity contribution in [1.82, 2.24) is 5.32 Å². The van der Waals surface area contributed by atoms with Crippen molar-refractivity contribution in [1.29, 1.82) is 0 Å². The molecule has 2 rings (SSSR count). The molecule has 0 saturated carbocycles. The Morgan fingerprint density at radius 3 is 2.33 bits per heavy atom. The van der Waals surface area contributed by atoms with Crippen LogP contribution >= 0.6 is 11.6 Å². The summed E-state index contributed by atoms with van der Waals surface area (Å²) in [6, 6.07) is 9.30. The molecule has 112 valence electrons. The number of aryl methyl sites for hydroxylation is 3. The van der Waals surface area contributed by atoms with Crippen LogP contribution in [-0.2, 0) is 0 Å². The van der Waals surface area contributed by atoms with E-state index in [1.807, 2.05) is 18.2 Å². The van der Waals surface area contributed by atoms with E-state index in [2.05, 4.69) is 32.2 Å². The van der Waals surface area contributed by atoms with E-state index in [1.54, 1.807) is 6.92 Å². The summed E-state index contributed by atoms with van der Waals surface area (Å²) in [6.07, 6.45) is 0. The third-order valence-electron chi connectivity index (χ3n) is 3.85. The van der Waals surface area contributed by atoms with Crippen LogP contribution in [0.25, 0.3) is 0 Å². The molecule has 0 spiro atoms. The van der Waals surface area contributed by atoms with Crippen LogP contribution in [0.3, 0.4) is 0 Å². The molecule has 0 aliphatic carbocycles. The zero-order valence-corrected chi connectivity index (χ0v) is 13.7. The van der Waals surface area contributed by atoms with Gasteiger partial charge in [0.15, 0.2) is 0 Å². The fourth-order valence-corrected chi connectivity index (χ4v) is 2.81. The molecule has 1 unspecified atom stereocenters. The van der Waals surface area contributed by atoms with Crippen molar-refractivity contribution in [3.8, 4) is 0 Å². The number of hydrogen-bond acceptors (Lipinski definition) is 1. The van der Waals surface area contributed by atoms with Crippen molar-refractivity contribution in [3.63, 3.8) is 0 Å². The lowest BCUT2D eigenvalue weighted by Crippen LogP contribution is -2.22. The van der Waals surface area contributed by atoms with Gasteiger partial charge in [0.25, 0.3) is 0 Å². The number of hydrogen-bond donors (Lipinski definition) is 1. The predicted octanol–water partition coefficient (Wildman–Crippen LogP) is 5.10. The first-order chi connectivity index (χ1) is 9.93. The summed E-state index contributed by atoms with van der Waals surface area (Å²) >= 11 is 6.44. The fraction of sp³-hybridized carbons (Fsp3) is 0.333. The minimum absolute atomic E-state index is 0.0268. The van der Waals surface area contributed by atoms with Gasteiger partial charge in [-0.3, -0.25) is 0 Å². The molecule has 0 bridgehead atoms. The first kappa shape index (κ1) is 16.0. The SMILES string of the molecule is CCNC(c1ccc(F)c(C)c1)c1cc(C)c(C)cc1Cl. The van der Waals surface area contributed by atoms with Gasteiger partial charge < -0.3 is 5.32 Å². The van der Waals surface area contributed by atoms with Crippen LogP contribution in [0.4, 0.5) is 4.39 Å². The molecule has 0 aromatic heterocycles. The van der Waals surface area contributed by atoms with Crippen molar-refractivity contribution < 1.29 is 4.39 Å². The van der Waals surface area contributed by atoms with Gasteiger partial charge in [-0.05, 0) is 67.3 Å². The molecule has 1 nitrogen and oxygen atoms in total. The van der Waals surface area contributed by atoms with Crippen LogP contribution in [0.15, 0.2) is 30.3 Å². The largest absolute Gasteiger partial charge is 0.306 e. The smallest absolute Gasteiger partial charge is 0.126 e. The molecule has 2 aromatic carbocycles. The highest BCUT2D eigenvalue weighted by molar-refractivity contribution is 6.31. The Kier molecular flexibility index (Phi) is 5.02. The first-order valence-corrected chi connectivity index (χ1v) is 7.58. The van der Waals surface area contributed by atoms with E-state index in [1.165, 1.54) is 17.2 Å². The Bertz CT molecular complexity index is 652. The molecule has 3 heteroatoms. The lowest BCUT2D eigenvalue weighted by atomic mass is 9.94. The second-order valence-electron chi connectivity index (χ2n) is 5.46.